The molecule has 1 aromatic rings. The molecule has 1 atom stereocenters. The Labute approximate surface area is 84.8 Å². The van der Waals surface area contributed by atoms with Crippen LogP contribution < -0.4 is 0 Å². The number of nitrogens with zero attached hydrogens (tertiary/aromatic N) is 1. The molecule has 0 amide bonds. The first-order valence-electron chi connectivity index (χ1n) is 4.64. The van der Waals surface area contributed by atoms with Crippen molar-refractivity contribution < 1.29 is 4.21 Å². The topological polar surface area (TPSA) is 30.0 Å². The molecule has 0 bridgehead atoms. The Hall–Kier alpha value is -0.220. The molecule has 0 saturated heterocycles. The fraction of sp³-hybridized carbons (Fsp3) is 0.667. The third kappa shape index (κ3) is 2.38. The van der Waals surface area contributed by atoms with Crippen molar-refractivity contribution >= 4 is 22.1 Å². The molecular weight excluding hydrogens is 202 g/mol. The molecule has 1 aromatic heterocycles. The van der Waals surface area contributed by atoms with Crippen LogP contribution in [0, 0.1) is 5.92 Å². The van der Waals surface area contributed by atoms with Crippen LogP contribution in [0.5, 0.6) is 0 Å². The van der Waals surface area contributed by atoms with E-state index in [1.165, 1.54) is 37.0 Å². The maximum Gasteiger partial charge on any atom is 0.180 e. The smallest absolute Gasteiger partial charge is 0.180 e. The molecule has 1 fully saturated rings. The summed E-state index contributed by atoms with van der Waals surface area (Å²) in [7, 11) is -0.835. The lowest BCUT2D eigenvalue weighted by atomic mass is 10.1. The molecule has 1 aliphatic carbocycles. The van der Waals surface area contributed by atoms with Crippen LogP contribution in [0.25, 0.3) is 0 Å². The van der Waals surface area contributed by atoms with Crippen LogP contribution in [-0.4, -0.2) is 14.9 Å². The lowest BCUT2D eigenvalue weighted by molar-refractivity contribution is 0.604. The second-order valence-corrected chi connectivity index (χ2v) is 6.02. The van der Waals surface area contributed by atoms with E-state index >= 15 is 0 Å². The molecule has 0 aromatic carbocycles. The molecule has 1 heterocycles. The largest absolute Gasteiger partial charge is 0.252 e. The van der Waals surface area contributed by atoms with Crippen molar-refractivity contribution in [1.29, 1.82) is 0 Å². The molecular formula is C9H13NOS2. The summed E-state index contributed by atoms with van der Waals surface area (Å²) in [5.74, 6) is 1.51. The van der Waals surface area contributed by atoms with Crippen molar-refractivity contribution in [3.8, 4) is 0 Å². The van der Waals surface area contributed by atoms with Crippen LogP contribution >= 0.6 is 11.3 Å². The summed E-state index contributed by atoms with van der Waals surface area (Å²) in [4.78, 5) is 4.08. The SMILES string of the molecule is O=S(CC1CCCC1)c1nccs1. The summed E-state index contributed by atoms with van der Waals surface area (Å²) in [6.07, 6.45) is 6.89. The molecule has 0 N–H and O–H groups in total. The summed E-state index contributed by atoms with van der Waals surface area (Å²) in [5.41, 5.74) is 0. The average Bonchev–Trinajstić information content (AvgIpc) is 2.74. The standard InChI is InChI=1S/C9H13NOS2/c11-13(9-10-5-6-12-9)7-8-3-1-2-4-8/h5-6,8H,1-4,7H2. The molecule has 4 heteroatoms. The van der Waals surface area contributed by atoms with E-state index in [0.717, 1.165) is 10.1 Å². The van der Waals surface area contributed by atoms with Crippen molar-refractivity contribution in [1.82, 2.24) is 4.98 Å². The predicted molar refractivity (Wildman–Crippen MR) is 55.3 cm³/mol. The Balaban J connectivity index is 1.91. The predicted octanol–water partition coefficient (Wildman–Crippen LogP) is 2.44. The summed E-state index contributed by atoms with van der Waals surface area (Å²) in [6.45, 7) is 0. The highest BCUT2D eigenvalue weighted by molar-refractivity contribution is 7.87. The first-order valence-corrected chi connectivity index (χ1v) is 6.84. The fourth-order valence-electron chi connectivity index (χ4n) is 1.79. The van der Waals surface area contributed by atoms with Crippen molar-refractivity contribution in [3.63, 3.8) is 0 Å². The van der Waals surface area contributed by atoms with Crippen LogP contribution in [-0.2, 0) is 10.8 Å². The molecule has 0 spiro atoms. The fourth-order valence-corrected chi connectivity index (χ4v) is 4.03. The van der Waals surface area contributed by atoms with Crippen molar-refractivity contribution in [3.05, 3.63) is 11.6 Å². The molecule has 1 unspecified atom stereocenters. The second kappa shape index (κ2) is 4.33. The van der Waals surface area contributed by atoms with E-state index in [2.05, 4.69) is 4.98 Å². The van der Waals surface area contributed by atoms with E-state index in [1.54, 1.807) is 6.20 Å². The van der Waals surface area contributed by atoms with Crippen LogP contribution in [0.4, 0.5) is 0 Å². The third-order valence-electron chi connectivity index (χ3n) is 2.47. The quantitative estimate of drug-likeness (QED) is 0.775. The highest BCUT2D eigenvalue weighted by atomic mass is 32.2. The summed E-state index contributed by atoms with van der Waals surface area (Å²) in [5, 5.41) is 1.89. The van der Waals surface area contributed by atoms with Gasteiger partial charge in [0.15, 0.2) is 4.34 Å². The van der Waals surface area contributed by atoms with Gasteiger partial charge in [-0.15, -0.1) is 11.3 Å². The first-order chi connectivity index (χ1) is 6.36. The summed E-state index contributed by atoms with van der Waals surface area (Å²) >= 11 is 1.50. The van der Waals surface area contributed by atoms with Crippen molar-refractivity contribution in [2.45, 2.75) is 30.0 Å². The monoisotopic (exact) mass is 215 g/mol. The minimum atomic E-state index is -0.835. The highest BCUT2D eigenvalue weighted by Crippen LogP contribution is 2.26. The third-order valence-corrected chi connectivity index (χ3v) is 5.15. The molecule has 13 heavy (non-hydrogen) atoms. The Morgan fingerprint density at radius 3 is 2.92 bits per heavy atom. The lowest BCUT2D eigenvalue weighted by Gasteiger charge is -2.05. The van der Waals surface area contributed by atoms with Gasteiger partial charge in [-0.2, -0.15) is 0 Å². The minimum Gasteiger partial charge on any atom is -0.252 e. The van der Waals surface area contributed by atoms with Crippen LogP contribution in [0.2, 0.25) is 0 Å². The van der Waals surface area contributed by atoms with Gasteiger partial charge in [-0.1, -0.05) is 12.8 Å². The van der Waals surface area contributed by atoms with Gasteiger partial charge in [-0.3, -0.25) is 4.21 Å². The average molecular weight is 215 g/mol. The van der Waals surface area contributed by atoms with Gasteiger partial charge in [0.2, 0.25) is 0 Å². The number of hydrogen-bond acceptors (Lipinski definition) is 3. The van der Waals surface area contributed by atoms with Gasteiger partial charge in [0.05, 0.1) is 10.8 Å². The maximum atomic E-state index is 11.7. The molecule has 2 rings (SSSR count). The minimum absolute atomic E-state index is 0.685. The maximum absolute atomic E-state index is 11.7. The van der Waals surface area contributed by atoms with E-state index in [4.69, 9.17) is 0 Å². The van der Waals surface area contributed by atoms with Gasteiger partial charge in [-0.05, 0) is 18.8 Å². The van der Waals surface area contributed by atoms with E-state index in [-0.39, 0.29) is 0 Å². The normalized spacial score (nSPS) is 20.6. The van der Waals surface area contributed by atoms with Crippen molar-refractivity contribution in [2.24, 2.45) is 5.92 Å². The van der Waals surface area contributed by atoms with E-state index in [1.807, 2.05) is 5.38 Å². The van der Waals surface area contributed by atoms with Gasteiger partial charge in [0.25, 0.3) is 0 Å². The molecule has 1 aliphatic rings. The number of thiazole rings is 1. The molecule has 1 saturated carbocycles. The second-order valence-electron chi connectivity index (χ2n) is 3.46. The van der Waals surface area contributed by atoms with Gasteiger partial charge in [0, 0.05) is 17.3 Å². The van der Waals surface area contributed by atoms with Crippen LogP contribution in [0.3, 0.4) is 0 Å². The zero-order chi connectivity index (χ0) is 9.10. The zero-order valence-corrected chi connectivity index (χ0v) is 9.07. The first kappa shape index (κ1) is 9.34. The number of rotatable bonds is 3. The van der Waals surface area contributed by atoms with Crippen molar-refractivity contribution in [2.75, 3.05) is 5.75 Å². The molecule has 0 radical (unpaired) electrons. The van der Waals surface area contributed by atoms with E-state index in [9.17, 15) is 4.21 Å². The highest BCUT2D eigenvalue weighted by Gasteiger charge is 2.19. The zero-order valence-electron chi connectivity index (χ0n) is 7.44. The van der Waals surface area contributed by atoms with Gasteiger partial charge < -0.3 is 0 Å². The summed E-state index contributed by atoms with van der Waals surface area (Å²) < 4.78 is 12.5. The van der Waals surface area contributed by atoms with E-state index in [0.29, 0.717) is 5.92 Å². The molecule has 0 aliphatic heterocycles. The molecule has 2 nitrogen and oxygen atoms in total. The van der Waals surface area contributed by atoms with Crippen LogP contribution in [0.1, 0.15) is 25.7 Å². The van der Waals surface area contributed by atoms with Gasteiger partial charge >= 0.3 is 0 Å². The number of hydrogen-bond donors (Lipinski definition) is 0. The van der Waals surface area contributed by atoms with Crippen LogP contribution in [0.15, 0.2) is 15.9 Å². The Bertz CT molecular complexity index is 278. The Morgan fingerprint density at radius 1 is 1.54 bits per heavy atom. The number of aromatic nitrogens is 1. The molecule has 72 valence electrons. The van der Waals surface area contributed by atoms with Gasteiger partial charge in [-0.25, -0.2) is 4.98 Å². The lowest BCUT2D eigenvalue weighted by Crippen LogP contribution is -2.07. The Kier molecular flexibility index (Phi) is 3.11. The van der Waals surface area contributed by atoms with E-state index < -0.39 is 10.8 Å². The Morgan fingerprint density at radius 2 is 2.31 bits per heavy atom. The summed E-state index contributed by atoms with van der Waals surface area (Å²) in [6, 6.07) is 0. The van der Waals surface area contributed by atoms with Gasteiger partial charge in [0.1, 0.15) is 0 Å².